The molecule has 1 fully saturated rings. The van der Waals surface area contributed by atoms with Gasteiger partial charge in [0.05, 0.1) is 23.7 Å². The van der Waals surface area contributed by atoms with Crippen LogP contribution in [0.3, 0.4) is 0 Å². The molecule has 1 amide bonds. The van der Waals surface area contributed by atoms with Gasteiger partial charge in [0, 0.05) is 64.6 Å². The standard InChI is InChI=1S/C24H32N4O4S/c1-26(2)33(30,31)19-8-9-23(28-12-14-32-15-13-28)21(16-19)24(29)25-17-18-10-11-27(3)22-7-5-4-6-20(18)22/h4-9,16,18H,10-15,17H2,1-3H3,(H,25,29)/t18-/m0/s1. The van der Waals surface area contributed by atoms with Crippen LogP contribution in [0.2, 0.25) is 0 Å². The Bertz CT molecular complexity index is 1110. The number of nitrogens with zero attached hydrogens (tertiary/aromatic N) is 3. The summed E-state index contributed by atoms with van der Waals surface area (Å²) in [6.07, 6.45) is 0.944. The van der Waals surface area contributed by atoms with E-state index in [1.54, 1.807) is 12.1 Å². The van der Waals surface area contributed by atoms with Crippen molar-refractivity contribution < 1.29 is 17.9 Å². The van der Waals surface area contributed by atoms with E-state index in [0.29, 0.717) is 38.4 Å². The van der Waals surface area contributed by atoms with Crippen LogP contribution in [0.1, 0.15) is 28.3 Å². The van der Waals surface area contributed by atoms with Gasteiger partial charge < -0.3 is 19.9 Å². The van der Waals surface area contributed by atoms with E-state index in [0.717, 1.165) is 23.0 Å². The van der Waals surface area contributed by atoms with Gasteiger partial charge in [0.25, 0.3) is 5.91 Å². The maximum absolute atomic E-state index is 13.4. The van der Waals surface area contributed by atoms with Crippen molar-refractivity contribution in [2.24, 2.45) is 0 Å². The lowest BCUT2D eigenvalue weighted by Crippen LogP contribution is -2.39. The van der Waals surface area contributed by atoms with Crippen molar-refractivity contribution >= 4 is 27.3 Å². The Kier molecular flexibility index (Phi) is 6.92. The summed E-state index contributed by atoms with van der Waals surface area (Å²) in [4.78, 5) is 17.8. The number of hydrogen-bond acceptors (Lipinski definition) is 6. The highest BCUT2D eigenvalue weighted by atomic mass is 32.2. The zero-order valence-electron chi connectivity index (χ0n) is 19.5. The molecule has 9 heteroatoms. The number of anilines is 2. The van der Waals surface area contributed by atoms with Gasteiger partial charge in [-0.15, -0.1) is 0 Å². The van der Waals surface area contributed by atoms with Crippen LogP contribution in [0, 0.1) is 0 Å². The second kappa shape index (κ2) is 9.70. The summed E-state index contributed by atoms with van der Waals surface area (Å²) in [5.41, 5.74) is 3.53. The summed E-state index contributed by atoms with van der Waals surface area (Å²) in [6.45, 7) is 3.88. The van der Waals surface area contributed by atoms with Crippen molar-refractivity contribution in [1.29, 1.82) is 0 Å². The summed E-state index contributed by atoms with van der Waals surface area (Å²) in [6, 6.07) is 13.1. The number of fused-ring (bicyclic) bond motifs is 1. The molecule has 0 aromatic heterocycles. The molecule has 2 heterocycles. The topological polar surface area (TPSA) is 82.2 Å². The van der Waals surface area contributed by atoms with Gasteiger partial charge >= 0.3 is 0 Å². The fourth-order valence-corrected chi connectivity index (χ4v) is 5.41. The van der Waals surface area contributed by atoms with Crippen LogP contribution in [-0.2, 0) is 14.8 Å². The monoisotopic (exact) mass is 472 g/mol. The molecule has 1 saturated heterocycles. The third-order valence-corrected chi connectivity index (χ3v) is 8.26. The zero-order chi connectivity index (χ0) is 23.6. The van der Waals surface area contributed by atoms with E-state index in [2.05, 4.69) is 34.3 Å². The minimum atomic E-state index is -3.66. The summed E-state index contributed by atoms with van der Waals surface area (Å²) < 4.78 is 32.1. The Hall–Kier alpha value is -2.62. The molecule has 1 atom stereocenters. The Morgan fingerprint density at radius 3 is 2.55 bits per heavy atom. The summed E-state index contributed by atoms with van der Waals surface area (Å²) in [7, 11) is 1.40. The lowest BCUT2D eigenvalue weighted by atomic mass is 9.90. The normalized spacial score (nSPS) is 18.8. The molecule has 0 saturated carbocycles. The maximum Gasteiger partial charge on any atom is 0.253 e. The van der Waals surface area contributed by atoms with Gasteiger partial charge in [-0.3, -0.25) is 4.79 Å². The third kappa shape index (κ3) is 4.85. The molecule has 8 nitrogen and oxygen atoms in total. The van der Waals surface area contributed by atoms with E-state index >= 15 is 0 Å². The van der Waals surface area contributed by atoms with Crippen molar-refractivity contribution in [3.05, 3.63) is 53.6 Å². The number of rotatable bonds is 6. The van der Waals surface area contributed by atoms with Crippen LogP contribution in [0.5, 0.6) is 0 Å². The smallest absolute Gasteiger partial charge is 0.253 e. The van der Waals surface area contributed by atoms with Crippen molar-refractivity contribution in [1.82, 2.24) is 9.62 Å². The molecule has 0 spiro atoms. The van der Waals surface area contributed by atoms with Crippen molar-refractivity contribution in [2.75, 3.05) is 70.3 Å². The number of morpholine rings is 1. The predicted octanol–water partition coefficient (Wildman–Crippen LogP) is 2.13. The van der Waals surface area contributed by atoms with Crippen LogP contribution in [0.4, 0.5) is 11.4 Å². The number of nitrogens with one attached hydrogen (secondary N) is 1. The lowest BCUT2D eigenvalue weighted by Gasteiger charge is -2.33. The number of benzene rings is 2. The number of carbonyl (C=O) groups is 1. The molecule has 0 aliphatic carbocycles. The molecule has 2 aromatic rings. The fraction of sp³-hybridized carbons (Fsp3) is 0.458. The minimum Gasteiger partial charge on any atom is -0.378 e. The molecule has 33 heavy (non-hydrogen) atoms. The average molecular weight is 473 g/mol. The van der Waals surface area contributed by atoms with Gasteiger partial charge in [-0.1, -0.05) is 18.2 Å². The van der Waals surface area contributed by atoms with Crippen LogP contribution < -0.4 is 15.1 Å². The molecular formula is C24H32N4O4S. The average Bonchev–Trinajstić information content (AvgIpc) is 2.83. The summed E-state index contributed by atoms with van der Waals surface area (Å²) in [5, 5.41) is 3.09. The van der Waals surface area contributed by atoms with Gasteiger partial charge in [0.2, 0.25) is 10.0 Å². The van der Waals surface area contributed by atoms with E-state index in [4.69, 9.17) is 4.74 Å². The number of para-hydroxylation sites is 1. The Labute approximate surface area is 196 Å². The Balaban J connectivity index is 1.61. The van der Waals surface area contributed by atoms with Gasteiger partial charge in [0.15, 0.2) is 0 Å². The van der Waals surface area contributed by atoms with Crippen LogP contribution in [-0.4, -0.2) is 79.2 Å². The van der Waals surface area contributed by atoms with E-state index in [9.17, 15) is 13.2 Å². The Morgan fingerprint density at radius 1 is 1.09 bits per heavy atom. The molecule has 178 valence electrons. The highest BCUT2D eigenvalue weighted by Crippen LogP contribution is 2.34. The van der Waals surface area contributed by atoms with Gasteiger partial charge in [-0.05, 0) is 36.2 Å². The van der Waals surface area contributed by atoms with Gasteiger partial charge in [-0.25, -0.2) is 12.7 Å². The van der Waals surface area contributed by atoms with Crippen LogP contribution in [0.25, 0.3) is 0 Å². The summed E-state index contributed by atoms with van der Waals surface area (Å²) in [5.74, 6) is -0.0504. The van der Waals surface area contributed by atoms with E-state index < -0.39 is 10.0 Å². The highest BCUT2D eigenvalue weighted by Gasteiger charge is 2.26. The van der Waals surface area contributed by atoms with Crippen molar-refractivity contribution in [3.8, 4) is 0 Å². The lowest BCUT2D eigenvalue weighted by molar-refractivity contribution is 0.0949. The SMILES string of the molecule is CN1CC[C@@H](CNC(=O)c2cc(S(=O)(=O)N(C)C)ccc2N2CCOCC2)c2ccccc21. The molecule has 0 unspecified atom stereocenters. The van der Waals surface area contributed by atoms with E-state index in [-0.39, 0.29) is 16.7 Å². The van der Waals surface area contributed by atoms with Gasteiger partial charge in [-0.2, -0.15) is 0 Å². The molecule has 1 N–H and O–H groups in total. The molecule has 2 aliphatic heterocycles. The summed E-state index contributed by atoms with van der Waals surface area (Å²) >= 11 is 0. The first-order valence-electron chi connectivity index (χ1n) is 11.3. The number of carbonyl (C=O) groups excluding carboxylic acids is 1. The molecule has 2 aromatic carbocycles. The second-order valence-electron chi connectivity index (χ2n) is 8.74. The van der Waals surface area contributed by atoms with E-state index in [1.165, 1.54) is 31.4 Å². The van der Waals surface area contributed by atoms with Crippen molar-refractivity contribution in [2.45, 2.75) is 17.2 Å². The number of ether oxygens (including phenoxy) is 1. The molecular weight excluding hydrogens is 440 g/mol. The predicted molar refractivity (Wildman–Crippen MR) is 130 cm³/mol. The largest absolute Gasteiger partial charge is 0.378 e. The van der Waals surface area contributed by atoms with Crippen LogP contribution in [0.15, 0.2) is 47.4 Å². The molecule has 0 bridgehead atoms. The van der Waals surface area contributed by atoms with E-state index in [1.807, 2.05) is 12.1 Å². The highest BCUT2D eigenvalue weighted by molar-refractivity contribution is 7.89. The third-order valence-electron chi connectivity index (χ3n) is 6.45. The first-order valence-corrected chi connectivity index (χ1v) is 12.7. The second-order valence-corrected chi connectivity index (χ2v) is 10.9. The number of hydrogen-bond donors (Lipinski definition) is 1. The van der Waals surface area contributed by atoms with Crippen molar-refractivity contribution in [3.63, 3.8) is 0 Å². The maximum atomic E-state index is 13.4. The molecule has 2 aliphatic rings. The number of amides is 1. The first kappa shape index (κ1) is 23.5. The van der Waals surface area contributed by atoms with Gasteiger partial charge in [0.1, 0.15) is 0 Å². The first-order chi connectivity index (χ1) is 15.8. The zero-order valence-corrected chi connectivity index (χ0v) is 20.3. The fourth-order valence-electron chi connectivity index (χ4n) is 4.48. The molecule has 4 rings (SSSR count). The minimum absolute atomic E-state index is 0.110. The molecule has 0 radical (unpaired) electrons. The quantitative estimate of drug-likeness (QED) is 0.694. The Morgan fingerprint density at radius 2 is 1.82 bits per heavy atom. The number of sulfonamides is 1. The van der Waals surface area contributed by atoms with Crippen LogP contribution >= 0.6 is 0 Å².